The van der Waals surface area contributed by atoms with Crippen LogP contribution in [-0.2, 0) is 6.42 Å². The van der Waals surface area contributed by atoms with Gasteiger partial charge in [-0.25, -0.2) is 4.98 Å². The summed E-state index contributed by atoms with van der Waals surface area (Å²) in [6.07, 6.45) is 5.65. The molecule has 1 saturated heterocycles. The fraction of sp³-hybridized carbons (Fsp3) is 0.727. The fourth-order valence-electron chi connectivity index (χ4n) is 1.88. The topological polar surface area (TPSA) is 37.0 Å². The first-order chi connectivity index (χ1) is 7.29. The molecule has 3 nitrogen and oxygen atoms in total. The van der Waals surface area contributed by atoms with Gasteiger partial charge in [-0.3, -0.25) is 0 Å². The van der Waals surface area contributed by atoms with E-state index in [9.17, 15) is 0 Å². The van der Waals surface area contributed by atoms with Crippen LogP contribution in [-0.4, -0.2) is 24.6 Å². The largest absolute Gasteiger partial charge is 0.317 e. The summed E-state index contributed by atoms with van der Waals surface area (Å²) in [6.45, 7) is 3.35. The summed E-state index contributed by atoms with van der Waals surface area (Å²) < 4.78 is 0. The minimum atomic E-state index is 0.522. The molecule has 0 amide bonds. The van der Waals surface area contributed by atoms with Crippen LogP contribution in [0.15, 0.2) is 6.20 Å². The van der Waals surface area contributed by atoms with Gasteiger partial charge in [0.2, 0.25) is 0 Å². The summed E-state index contributed by atoms with van der Waals surface area (Å²) in [4.78, 5) is 5.90. The van der Waals surface area contributed by atoms with Gasteiger partial charge < -0.3 is 10.6 Å². The molecule has 84 valence electrons. The Labute approximate surface area is 95.3 Å². The third kappa shape index (κ3) is 2.77. The molecule has 15 heavy (non-hydrogen) atoms. The summed E-state index contributed by atoms with van der Waals surface area (Å²) in [5.74, 6) is 0. The van der Waals surface area contributed by atoms with Crippen LogP contribution in [0.5, 0.6) is 0 Å². The smallest absolute Gasteiger partial charge is 0.110 e. The lowest BCUT2D eigenvalue weighted by Crippen LogP contribution is -2.22. The van der Waals surface area contributed by atoms with Crippen LogP contribution in [0.25, 0.3) is 0 Å². The lowest BCUT2D eigenvalue weighted by molar-refractivity contribution is 0.612. The molecule has 1 fully saturated rings. The molecule has 1 aliphatic heterocycles. The second kappa shape index (κ2) is 5.05. The molecule has 1 aromatic rings. The number of nitrogens with zero attached hydrogens (tertiary/aromatic N) is 1. The molecular formula is C11H19N3S. The van der Waals surface area contributed by atoms with Crippen LogP contribution in [0.1, 0.15) is 35.7 Å². The highest BCUT2D eigenvalue weighted by atomic mass is 32.1. The standard InChI is InChI=1S/C11H19N3S/c1-8(12-2)6-9-7-14-11(15-9)10-4-3-5-13-10/h7-8,10,12-13H,3-6H2,1-2H3. The van der Waals surface area contributed by atoms with E-state index in [1.807, 2.05) is 24.6 Å². The van der Waals surface area contributed by atoms with Gasteiger partial charge in [-0.15, -0.1) is 11.3 Å². The van der Waals surface area contributed by atoms with Crippen LogP contribution in [0.2, 0.25) is 0 Å². The molecule has 0 bridgehead atoms. The van der Waals surface area contributed by atoms with E-state index in [0.717, 1.165) is 13.0 Å². The van der Waals surface area contributed by atoms with E-state index in [0.29, 0.717) is 12.1 Å². The van der Waals surface area contributed by atoms with Crippen molar-refractivity contribution in [3.63, 3.8) is 0 Å². The van der Waals surface area contributed by atoms with E-state index in [2.05, 4.69) is 22.5 Å². The van der Waals surface area contributed by atoms with Gasteiger partial charge in [-0.2, -0.15) is 0 Å². The third-order valence-corrected chi connectivity index (χ3v) is 4.06. The predicted molar refractivity (Wildman–Crippen MR) is 64.3 cm³/mol. The van der Waals surface area contributed by atoms with Crippen LogP contribution in [0, 0.1) is 0 Å². The third-order valence-electron chi connectivity index (χ3n) is 2.93. The number of hydrogen-bond donors (Lipinski definition) is 2. The van der Waals surface area contributed by atoms with Gasteiger partial charge in [-0.05, 0) is 39.8 Å². The summed E-state index contributed by atoms with van der Waals surface area (Å²) >= 11 is 1.86. The number of thiazole rings is 1. The van der Waals surface area contributed by atoms with Crippen molar-refractivity contribution in [2.45, 2.75) is 38.3 Å². The van der Waals surface area contributed by atoms with Crippen molar-refractivity contribution < 1.29 is 0 Å². The molecule has 0 saturated carbocycles. The van der Waals surface area contributed by atoms with E-state index >= 15 is 0 Å². The molecule has 2 heterocycles. The van der Waals surface area contributed by atoms with Crippen molar-refractivity contribution in [3.8, 4) is 0 Å². The van der Waals surface area contributed by atoms with Gasteiger partial charge in [0.25, 0.3) is 0 Å². The van der Waals surface area contributed by atoms with Crippen LogP contribution >= 0.6 is 11.3 Å². The Morgan fingerprint density at radius 3 is 3.27 bits per heavy atom. The zero-order valence-electron chi connectivity index (χ0n) is 9.42. The van der Waals surface area contributed by atoms with Gasteiger partial charge in [0.1, 0.15) is 5.01 Å². The Kier molecular flexibility index (Phi) is 3.72. The van der Waals surface area contributed by atoms with Crippen molar-refractivity contribution in [3.05, 3.63) is 16.1 Å². The monoisotopic (exact) mass is 225 g/mol. The zero-order chi connectivity index (χ0) is 10.7. The van der Waals surface area contributed by atoms with Crippen molar-refractivity contribution in [2.75, 3.05) is 13.6 Å². The van der Waals surface area contributed by atoms with E-state index in [1.54, 1.807) is 0 Å². The summed E-state index contributed by atoms with van der Waals surface area (Å²) in [6, 6.07) is 1.06. The molecule has 0 aromatic carbocycles. The molecule has 0 aliphatic carbocycles. The maximum Gasteiger partial charge on any atom is 0.110 e. The average molecular weight is 225 g/mol. The number of hydrogen-bond acceptors (Lipinski definition) is 4. The maximum atomic E-state index is 4.51. The van der Waals surface area contributed by atoms with E-state index in [1.165, 1.54) is 22.7 Å². The molecule has 2 atom stereocenters. The first kappa shape index (κ1) is 11.0. The highest BCUT2D eigenvalue weighted by Gasteiger charge is 2.19. The van der Waals surface area contributed by atoms with Crippen molar-refractivity contribution in [1.29, 1.82) is 0 Å². The average Bonchev–Trinajstić information content (AvgIpc) is 2.85. The minimum absolute atomic E-state index is 0.522. The van der Waals surface area contributed by atoms with Crippen molar-refractivity contribution >= 4 is 11.3 Å². The van der Waals surface area contributed by atoms with Gasteiger partial charge >= 0.3 is 0 Å². The predicted octanol–water partition coefficient (Wildman–Crippen LogP) is 1.72. The lowest BCUT2D eigenvalue weighted by Gasteiger charge is -2.07. The molecule has 1 aromatic heterocycles. The molecule has 4 heteroatoms. The highest BCUT2D eigenvalue weighted by molar-refractivity contribution is 7.11. The molecule has 0 radical (unpaired) electrons. The summed E-state index contributed by atoms with van der Waals surface area (Å²) in [7, 11) is 2.01. The zero-order valence-corrected chi connectivity index (χ0v) is 10.2. The first-order valence-corrected chi connectivity index (χ1v) is 6.46. The maximum absolute atomic E-state index is 4.51. The number of likely N-dealkylation sites (N-methyl/N-ethyl adjacent to an activating group) is 1. The number of aromatic nitrogens is 1. The Bertz CT molecular complexity index is 305. The normalized spacial score (nSPS) is 23.2. The van der Waals surface area contributed by atoms with E-state index in [-0.39, 0.29) is 0 Å². The molecule has 1 aliphatic rings. The van der Waals surface area contributed by atoms with Gasteiger partial charge in [0, 0.05) is 17.1 Å². The van der Waals surface area contributed by atoms with Crippen LogP contribution < -0.4 is 10.6 Å². The Balaban J connectivity index is 1.97. The Morgan fingerprint density at radius 1 is 1.73 bits per heavy atom. The van der Waals surface area contributed by atoms with Gasteiger partial charge in [0.05, 0.1) is 6.04 Å². The molecule has 2 N–H and O–H groups in total. The van der Waals surface area contributed by atoms with Crippen LogP contribution in [0.3, 0.4) is 0 Å². The van der Waals surface area contributed by atoms with Crippen molar-refractivity contribution in [2.24, 2.45) is 0 Å². The quantitative estimate of drug-likeness (QED) is 0.819. The minimum Gasteiger partial charge on any atom is -0.317 e. The highest BCUT2D eigenvalue weighted by Crippen LogP contribution is 2.27. The van der Waals surface area contributed by atoms with Crippen LogP contribution in [0.4, 0.5) is 0 Å². The van der Waals surface area contributed by atoms with Gasteiger partial charge in [-0.1, -0.05) is 0 Å². The summed E-state index contributed by atoms with van der Waals surface area (Å²) in [5.41, 5.74) is 0. The SMILES string of the molecule is CNC(C)Cc1cnc(C2CCCN2)s1. The fourth-order valence-corrected chi connectivity index (χ4v) is 3.03. The molecule has 0 spiro atoms. The summed E-state index contributed by atoms with van der Waals surface area (Å²) in [5, 5.41) is 8.01. The number of rotatable bonds is 4. The van der Waals surface area contributed by atoms with E-state index < -0.39 is 0 Å². The second-order valence-electron chi connectivity index (χ2n) is 4.21. The number of nitrogens with one attached hydrogen (secondary N) is 2. The van der Waals surface area contributed by atoms with Gasteiger partial charge in [0.15, 0.2) is 0 Å². The molecular weight excluding hydrogens is 206 g/mol. The Morgan fingerprint density at radius 2 is 2.60 bits per heavy atom. The molecule has 2 rings (SSSR count). The second-order valence-corrected chi connectivity index (χ2v) is 5.35. The first-order valence-electron chi connectivity index (χ1n) is 5.65. The lowest BCUT2D eigenvalue weighted by atomic mass is 10.2. The van der Waals surface area contributed by atoms with Crippen molar-refractivity contribution in [1.82, 2.24) is 15.6 Å². The Hall–Kier alpha value is -0.450. The molecule has 2 unspecified atom stereocenters. The van der Waals surface area contributed by atoms with E-state index in [4.69, 9.17) is 0 Å².